The van der Waals surface area contributed by atoms with Gasteiger partial charge in [-0.3, -0.25) is 29.4 Å². The largest absolute Gasteiger partial charge is 0.497 e. The second kappa shape index (κ2) is 8.64. The number of nitrogens with zero attached hydrogens (tertiary/aromatic N) is 4. The van der Waals surface area contributed by atoms with E-state index in [4.69, 9.17) is 4.74 Å². The summed E-state index contributed by atoms with van der Waals surface area (Å²) in [5, 5.41) is 6.85. The minimum atomic E-state index is -1.37. The maximum Gasteiger partial charge on any atom is 0.254 e. The van der Waals surface area contributed by atoms with Gasteiger partial charge in [-0.25, -0.2) is 0 Å². The summed E-state index contributed by atoms with van der Waals surface area (Å²) in [4.78, 5) is 44.6. The number of aryl methyl sites for hydroxylation is 2. The molecule has 0 unspecified atom stereocenters. The highest BCUT2D eigenvalue weighted by atomic mass is 16.5. The number of methoxy groups -OCH3 is 1. The highest BCUT2D eigenvalue weighted by Gasteiger charge is 2.48. The lowest BCUT2D eigenvalue weighted by Gasteiger charge is -2.25. The van der Waals surface area contributed by atoms with Gasteiger partial charge in [0, 0.05) is 43.2 Å². The molecule has 2 aliphatic heterocycles. The number of nitrogens with one attached hydrogen (secondary N) is 1. The van der Waals surface area contributed by atoms with Gasteiger partial charge in [0.25, 0.3) is 5.91 Å². The maximum absolute atomic E-state index is 13.2. The van der Waals surface area contributed by atoms with Crippen LogP contribution in [-0.4, -0.2) is 51.0 Å². The summed E-state index contributed by atoms with van der Waals surface area (Å²) in [6.45, 7) is 4.19. The number of imide groups is 1. The minimum absolute atomic E-state index is 0.00601. The van der Waals surface area contributed by atoms with Crippen molar-refractivity contribution in [1.82, 2.24) is 25.0 Å². The fraction of sp³-hybridized carbons (Fsp3) is 0.296. The van der Waals surface area contributed by atoms with Gasteiger partial charge < -0.3 is 9.64 Å². The summed E-state index contributed by atoms with van der Waals surface area (Å²) >= 11 is 0. The molecule has 36 heavy (non-hydrogen) atoms. The highest BCUT2D eigenvalue weighted by Crippen LogP contribution is 2.34. The molecule has 2 aliphatic rings. The van der Waals surface area contributed by atoms with Crippen LogP contribution in [0.4, 0.5) is 0 Å². The Labute approximate surface area is 208 Å². The van der Waals surface area contributed by atoms with Crippen molar-refractivity contribution in [2.24, 2.45) is 12.5 Å². The van der Waals surface area contributed by atoms with E-state index in [1.807, 2.05) is 33.0 Å². The van der Waals surface area contributed by atoms with Crippen LogP contribution < -0.4 is 10.1 Å². The Bertz CT molecular complexity index is 1500. The number of fused-ring (bicyclic) bond motifs is 1. The van der Waals surface area contributed by atoms with E-state index in [0.29, 0.717) is 29.1 Å². The van der Waals surface area contributed by atoms with Crippen molar-refractivity contribution in [2.75, 3.05) is 13.7 Å². The summed E-state index contributed by atoms with van der Waals surface area (Å²) in [5.74, 6) is 5.64. The number of amides is 3. The van der Waals surface area contributed by atoms with Crippen LogP contribution in [0.1, 0.15) is 39.3 Å². The van der Waals surface area contributed by atoms with Crippen molar-refractivity contribution in [3.8, 4) is 28.8 Å². The Morgan fingerprint density at radius 3 is 2.67 bits per heavy atom. The van der Waals surface area contributed by atoms with E-state index < -0.39 is 17.2 Å². The SMILES string of the molecule is COc1ccc2c(c1)C(=O)N(C[C@@]1(C#Cc3cccnc3-c3c(C)nn(C)c3C)CC(=O)NC1=O)C2. The fourth-order valence-electron chi connectivity index (χ4n) is 4.84. The molecule has 4 heterocycles. The third-order valence-electron chi connectivity index (χ3n) is 6.80. The first-order valence-corrected chi connectivity index (χ1v) is 11.5. The van der Waals surface area contributed by atoms with Crippen LogP contribution in [-0.2, 0) is 23.2 Å². The first-order chi connectivity index (χ1) is 17.2. The first kappa shape index (κ1) is 23.3. The van der Waals surface area contributed by atoms with Gasteiger partial charge in [-0.05, 0) is 43.7 Å². The summed E-state index contributed by atoms with van der Waals surface area (Å²) in [7, 11) is 3.41. The number of carbonyl (C=O) groups is 3. The van der Waals surface area contributed by atoms with E-state index in [0.717, 1.165) is 22.5 Å². The van der Waals surface area contributed by atoms with Gasteiger partial charge in [0.05, 0.1) is 30.5 Å². The molecule has 0 saturated carbocycles. The average molecular weight is 484 g/mol. The van der Waals surface area contributed by atoms with Gasteiger partial charge in [0.2, 0.25) is 11.8 Å². The van der Waals surface area contributed by atoms with Crippen LogP contribution in [0.5, 0.6) is 5.75 Å². The van der Waals surface area contributed by atoms with Crippen molar-refractivity contribution >= 4 is 17.7 Å². The highest BCUT2D eigenvalue weighted by molar-refractivity contribution is 6.08. The van der Waals surface area contributed by atoms with E-state index in [9.17, 15) is 14.4 Å². The zero-order valence-corrected chi connectivity index (χ0v) is 20.5. The second-order valence-corrected chi connectivity index (χ2v) is 9.14. The number of hydrogen-bond acceptors (Lipinski definition) is 6. The smallest absolute Gasteiger partial charge is 0.254 e. The number of pyridine rings is 1. The van der Waals surface area contributed by atoms with E-state index in [1.165, 1.54) is 0 Å². The average Bonchev–Trinajstić information content (AvgIpc) is 3.42. The Morgan fingerprint density at radius 1 is 1.19 bits per heavy atom. The Balaban J connectivity index is 1.52. The topological polar surface area (TPSA) is 106 Å². The third kappa shape index (κ3) is 3.81. The van der Waals surface area contributed by atoms with Crippen molar-refractivity contribution in [2.45, 2.75) is 26.8 Å². The first-order valence-electron chi connectivity index (χ1n) is 11.5. The number of carbonyl (C=O) groups excluding carboxylic acids is 3. The van der Waals surface area contributed by atoms with Gasteiger partial charge in [-0.1, -0.05) is 17.9 Å². The number of benzene rings is 1. The molecular formula is C27H25N5O4. The lowest BCUT2D eigenvalue weighted by molar-refractivity contribution is -0.127. The standard InChI is InChI=1S/C27H25N5O4/c1-16-23(17(2)31(3)30-16)24-18(6-5-11-28-24)9-10-27(13-22(33)29-26(27)35)15-32-14-19-7-8-20(36-4)12-21(19)25(32)34/h5-8,11-12H,13-15H2,1-4H3,(H,29,33,35)/t27-/m1/s1. The number of hydrogen-bond donors (Lipinski definition) is 1. The normalized spacial score (nSPS) is 18.7. The van der Waals surface area contributed by atoms with E-state index in [1.54, 1.807) is 41.1 Å². The van der Waals surface area contributed by atoms with E-state index >= 15 is 0 Å². The van der Waals surface area contributed by atoms with Crippen molar-refractivity contribution < 1.29 is 19.1 Å². The Morgan fingerprint density at radius 2 is 2.00 bits per heavy atom. The molecule has 1 saturated heterocycles. The quantitative estimate of drug-likeness (QED) is 0.450. The Hall–Kier alpha value is -4.45. The molecule has 1 aromatic carbocycles. The van der Waals surface area contributed by atoms with Crippen molar-refractivity contribution in [3.63, 3.8) is 0 Å². The lowest BCUT2D eigenvalue weighted by Crippen LogP contribution is -2.42. The predicted octanol–water partition coefficient (Wildman–Crippen LogP) is 2.15. The van der Waals surface area contributed by atoms with Crippen LogP contribution >= 0.6 is 0 Å². The van der Waals surface area contributed by atoms with Gasteiger partial charge in [-0.15, -0.1) is 0 Å². The number of rotatable bonds is 4. The molecule has 3 aromatic rings. The van der Waals surface area contributed by atoms with Crippen LogP contribution in [0.2, 0.25) is 0 Å². The third-order valence-corrected chi connectivity index (χ3v) is 6.80. The molecule has 5 rings (SSSR count). The zero-order valence-electron chi connectivity index (χ0n) is 20.5. The van der Waals surface area contributed by atoms with Crippen molar-refractivity contribution in [3.05, 3.63) is 64.6 Å². The molecule has 9 nitrogen and oxygen atoms in total. The molecule has 1 atom stereocenters. The molecule has 0 bridgehead atoms. The number of ether oxygens (including phenoxy) is 1. The predicted molar refractivity (Wildman–Crippen MR) is 131 cm³/mol. The van der Waals surface area contributed by atoms with Gasteiger partial charge in [0.15, 0.2) is 0 Å². The summed E-state index contributed by atoms with van der Waals surface area (Å²) < 4.78 is 7.03. The zero-order chi connectivity index (χ0) is 25.6. The molecule has 2 aromatic heterocycles. The van der Waals surface area contributed by atoms with Crippen molar-refractivity contribution in [1.29, 1.82) is 0 Å². The summed E-state index contributed by atoms with van der Waals surface area (Å²) in [6.07, 6.45) is 1.56. The molecule has 1 N–H and O–H groups in total. The van der Waals surface area contributed by atoms with Crippen LogP contribution in [0.15, 0.2) is 36.5 Å². The second-order valence-electron chi connectivity index (χ2n) is 9.14. The molecule has 3 amide bonds. The van der Waals surface area contributed by atoms with E-state index in [-0.39, 0.29) is 18.9 Å². The van der Waals surface area contributed by atoms with Gasteiger partial charge >= 0.3 is 0 Å². The fourth-order valence-corrected chi connectivity index (χ4v) is 4.84. The molecular weight excluding hydrogens is 458 g/mol. The number of aromatic nitrogens is 3. The summed E-state index contributed by atoms with van der Waals surface area (Å²) in [6, 6.07) is 8.92. The molecule has 1 fully saturated rings. The molecule has 9 heteroatoms. The molecule has 0 aliphatic carbocycles. The Kier molecular flexibility index (Phi) is 5.59. The monoisotopic (exact) mass is 483 g/mol. The lowest BCUT2D eigenvalue weighted by atomic mass is 9.85. The van der Waals surface area contributed by atoms with Crippen LogP contribution in [0.3, 0.4) is 0 Å². The van der Waals surface area contributed by atoms with Gasteiger partial charge in [0.1, 0.15) is 11.2 Å². The molecule has 0 radical (unpaired) electrons. The van der Waals surface area contributed by atoms with Gasteiger partial charge in [-0.2, -0.15) is 5.10 Å². The van der Waals surface area contributed by atoms with E-state index in [2.05, 4.69) is 27.2 Å². The molecule has 182 valence electrons. The van der Waals surface area contributed by atoms with Crippen LogP contribution in [0, 0.1) is 31.1 Å². The summed E-state index contributed by atoms with van der Waals surface area (Å²) in [5.41, 5.74) is 3.90. The minimum Gasteiger partial charge on any atom is -0.497 e. The molecule has 0 spiro atoms. The maximum atomic E-state index is 13.2. The van der Waals surface area contributed by atoms with Crippen LogP contribution in [0.25, 0.3) is 11.3 Å².